The van der Waals surface area contributed by atoms with Crippen molar-refractivity contribution < 1.29 is 19.1 Å². The lowest BCUT2D eigenvalue weighted by molar-refractivity contribution is -0.130. The van der Waals surface area contributed by atoms with Gasteiger partial charge in [-0.2, -0.15) is 11.8 Å². The Morgan fingerprint density at radius 2 is 2.00 bits per heavy atom. The van der Waals surface area contributed by atoms with Crippen LogP contribution >= 0.6 is 11.8 Å². The molecule has 0 aliphatic carbocycles. The van der Waals surface area contributed by atoms with Crippen LogP contribution in [0.25, 0.3) is 0 Å². The number of amides is 3. The van der Waals surface area contributed by atoms with E-state index in [1.54, 1.807) is 43.1 Å². The summed E-state index contributed by atoms with van der Waals surface area (Å²) in [5.74, 6) is 2.87. The Kier molecular flexibility index (Phi) is 4.15. The summed E-state index contributed by atoms with van der Waals surface area (Å²) in [6.45, 7) is 0.526. The van der Waals surface area contributed by atoms with E-state index in [0.29, 0.717) is 17.9 Å². The molecule has 1 spiro atoms. The Morgan fingerprint density at radius 3 is 2.64 bits per heavy atom. The van der Waals surface area contributed by atoms with E-state index in [9.17, 15) is 9.59 Å². The van der Waals surface area contributed by atoms with Crippen LogP contribution in [-0.2, 0) is 4.79 Å². The van der Waals surface area contributed by atoms with Crippen LogP contribution in [0.5, 0.6) is 11.5 Å². The molecule has 2 aliphatic rings. The first-order valence-corrected chi connectivity index (χ1v) is 8.29. The molecule has 0 unspecified atom stereocenters. The van der Waals surface area contributed by atoms with Gasteiger partial charge in [-0.25, -0.2) is 4.79 Å². The molecule has 0 aromatic heterocycles. The van der Waals surface area contributed by atoms with E-state index in [-0.39, 0.29) is 25.1 Å². The van der Waals surface area contributed by atoms with E-state index in [0.717, 1.165) is 11.5 Å². The average molecular weight is 322 g/mol. The zero-order valence-corrected chi connectivity index (χ0v) is 13.1. The normalized spacial score (nSPS) is 24.0. The third kappa shape index (κ3) is 2.72. The maximum atomic E-state index is 12.4. The first kappa shape index (κ1) is 15.0. The van der Waals surface area contributed by atoms with Gasteiger partial charge in [-0.3, -0.25) is 9.69 Å². The zero-order chi connectivity index (χ0) is 15.6. The highest BCUT2D eigenvalue weighted by molar-refractivity contribution is 7.99. The van der Waals surface area contributed by atoms with Crippen molar-refractivity contribution in [2.24, 2.45) is 0 Å². The van der Waals surface area contributed by atoms with Crippen molar-refractivity contribution in [3.8, 4) is 11.5 Å². The second-order valence-electron chi connectivity index (χ2n) is 5.30. The fraction of sp³-hybridized carbons (Fsp3) is 0.467. The summed E-state index contributed by atoms with van der Waals surface area (Å²) >= 11 is 1.70. The minimum atomic E-state index is -0.679. The molecule has 3 rings (SSSR count). The second-order valence-corrected chi connectivity index (χ2v) is 6.40. The lowest BCUT2D eigenvalue weighted by Gasteiger charge is -2.19. The maximum Gasteiger partial charge on any atom is 0.325 e. The van der Waals surface area contributed by atoms with E-state index in [1.165, 1.54) is 4.90 Å². The number of carbonyl (C=O) groups is 2. The molecule has 2 saturated heterocycles. The first-order chi connectivity index (χ1) is 10.6. The predicted molar refractivity (Wildman–Crippen MR) is 83.4 cm³/mol. The van der Waals surface area contributed by atoms with Crippen LogP contribution in [0.15, 0.2) is 24.3 Å². The van der Waals surface area contributed by atoms with Crippen molar-refractivity contribution in [2.45, 2.75) is 12.0 Å². The zero-order valence-electron chi connectivity index (χ0n) is 12.3. The molecule has 0 saturated carbocycles. The van der Waals surface area contributed by atoms with E-state index in [1.807, 2.05) is 0 Å². The third-order valence-corrected chi connectivity index (χ3v) is 5.10. The number of methoxy groups -OCH3 is 1. The Labute approximate surface area is 133 Å². The molecule has 1 aromatic carbocycles. The lowest BCUT2D eigenvalue weighted by atomic mass is 9.99. The van der Waals surface area contributed by atoms with Gasteiger partial charge in [-0.15, -0.1) is 0 Å². The van der Waals surface area contributed by atoms with Crippen molar-refractivity contribution in [3.63, 3.8) is 0 Å². The highest BCUT2D eigenvalue weighted by Gasteiger charge is 2.52. The molecule has 1 N–H and O–H groups in total. The fourth-order valence-corrected chi connectivity index (χ4v) is 3.96. The van der Waals surface area contributed by atoms with Gasteiger partial charge in [0.05, 0.1) is 13.7 Å². The Hall–Kier alpha value is -1.89. The minimum Gasteiger partial charge on any atom is -0.497 e. The molecule has 118 valence electrons. The number of imide groups is 1. The standard InChI is InChI=1S/C15H18N2O4S/c1-20-11-2-4-12(5-3-11)21-8-7-17-13(18)15(16-14(17)19)6-9-22-10-15/h2-5H,6-10H2,1H3,(H,16,19)/t15-/m1/s1. The van der Waals surface area contributed by atoms with E-state index in [4.69, 9.17) is 9.47 Å². The number of thioether (sulfide) groups is 1. The summed E-state index contributed by atoms with van der Waals surface area (Å²) in [6, 6.07) is 6.87. The molecule has 2 aliphatic heterocycles. The fourth-order valence-electron chi connectivity index (χ4n) is 2.64. The molecule has 2 fully saturated rings. The van der Waals surface area contributed by atoms with Crippen molar-refractivity contribution in [3.05, 3.63) is 24.3 Å². The molecular formula is C15H18N2O4S. The van der Waals surface area contributed by atoms with Gasteiger partial charge < -0.3 is 14.8 Å². The van der Waals surface area contributed by atoms with Crippen LogP contribution in [0.1, 0.15) is 6.42 Å². The minimum absolute atomic E-state index is 0.124. The molecule has 1 aromatic rings. The number of nitrogens with zero attached hydrogens (tertiary/aromatic N) is 1. The molecule has 7 heteroatoms. The maximum absolute atomic E-state index is 12.4. The Balaban J connectivity index is 1.55. The average Bonchev–Trinajstić information content (AvgIpc) is 3.09. The van der Waals surface area contributed by atoms with Crippen LogP contribution in [0.2, 0.25) is 0 Å². The van der Waals surface area contributed by atoms with Crippen molar-refractivity contribution >= 4 is 23.7 Å². The molecule has 2 heterocycles. The van der Waals surface area contributed by atoms with Crippen molar-refractivity contribution in [2.75, 3.05) is 31.8 Å². The molecule has 3 amide bonds. The molecule has 6 nitrogen and oxygen atoms in total. The van der Waals surface area contributed by atoms with Gasteiger partial charge in [0.2, 0.25) is 0 Å². The Morgan fingerprint density at radius 1 is 1.27 bits per heavy atom. The Bertz CT molecular complexity index is 569. The summed E-state index contributed by atoms with van der Waals surface area (Å²) in [6.07, 6.45) is 0.706. The third-order valence-electron chi connectivity index (χ3n) is 3.91. The first-order valence-electron chi connectivity index (χ1n) is 7.13. The molecular weight excluding hydrogens is 304 g/mol. The number of carbonyl (C=O) groups excluding carboxylic acids is 2. The van der Waals surface area contributed by atoms with Gasteiger partial charge in [0, 0.05) is 5.75 Å². The number of rotatable bonds is 5. The number of urea groups is 1. The van der Waals surface area contributed by atoms with Crippen LogP contribution in [0.4, 0.5) is 4.79 Å². The molecule has 0 bridgehead atoms. The smallest absolute Gasteiger partial charge is 0.325 e. The predicted octanol–water partition coefficient (Wildman–Crippen LogP) is 1.50. The highest BCUT2D eigenvalue weighted by Crippen LogP contribution is 2.33. The van der Waals surface area contributed by atoms with Gasteiger partial charge in [-0.1, -0.05) is 0 Å². The van der Waals surface area contributed by atoms with Gasteiger partial charge in [-0.05, 0) is 36.4 Å². The van der Waals surface area contributed by atoms with Crippen molar-refractivity contribution in [1.29, 1.82) is 0 Å². The van der Waals surface area contributed by atoms with E-state index >= 15 is 0 Å². The van der Waals surface area contributed by atoms with Crippen LogP contribution < -0.4 is 14.8 Å². The summed E-state index contributed by atoms with van der Waals surface area (Å²) in [7, 11) is 1.60. The number of nitrogens with one attached hydrogen (secondary N) is 1. The monoisotopic (exact) mass is 322 g/mol. The van der Waals surface area contributed by atoms with Gasteiger partial charge >= 0.3 is 6.03 Å². The highest BCUT2D eigenvalue weighted by atomic mass is 32.2. The summed E-state index contributed by atoms with van der Waals surface area (Å²) in [5.41, 5.74) is -0.679. The topological polar surface area (TPSA) is 67.9 Å². The summed E-state index contributed by atoms with van der Waals surface area (Å²) in [4.78, 5) is 25.7. The number of hydrogen-bond acceptors (Lipinski definition) is 5. The van der Waals surface area contributed by atoms with E-state index in [2.05, 4.69) is 5.32 Å². The van der Waals surface area contributed by atoms with Gasteiger partial charge in [0.25, 0.3) is 5.91 Å². The SMILES string of the molecule is COc1ccc(OCCN2C(=O)N[C@@]3(CCSC3)C2=O)cc1. The molecule has 22 heavy (non-hydrogen) atoms. The van der Waals surface area contributed by atoms with Crippen LogP contribution in [0.3, 0.4) is 0 Å². The quantitative estimate of drug-likeness (QED) is 0.832. The lowest BCUT2D eigenvalue weighted by Crippen LogP contribution is -2.47. The van der Waals surface area contributed by atoms with Crippen LogP contribution in [0, 0.1) is 0 Å². The second kappa shape index (κ2) is 6.08. The number of ether oxygens (including phenoxy) is 2. The number of hydrogen-bond donors (Lipinski definition) is 1. The molecule has 0 radical (unpaired) electrons. The molecule has 1 atom stereocenters. The summed E-state index contributed by atoms with van der Waals surface area (Å²) < 4.78 is 10.7. The van der Waals surface area contributed by atoms with Gasteiger partial charge in [0.15, 0.2) is 0 Å². The van der Waals surface area contributed by atoms with Gasteiger partial charge in [0.1, 0.15) is 23.6 Å². The van der Waals surface area contributed by atoms with Crippen LogP contribution in [-0.4, -0.2) is 54.1 Å². The van der Waals surface area contributed by atoms with E-state index < -0.39 is 5.54 Å². The van der Waals surface area contributed by atoms with Crippen molar-refractivity contribution in [1.82, 2.24) is 10.2 Å². The summed E-state index contributed by atoms with van der Waals surface area (Å²) in [5, 5.41) is 2.84. The number of benzene rings is 1. The largest absolute Gasteiger partial charge is 0.497 e.